The van der Waals surface area contributed by atoms with Crippen LogP contribution in [-0.4, -0.2) is 20.9 Å². The van der Waals surface area contributed by atoms with Crippen LogP contribution >= 0.6 is 0 Å². The lowest BCUT2D eigenvalue weighted by atomic mass is 9.98. The van der Waals surface area contributed by atoms with Crippen molar-refractivity contribution in [3.05, 3.63) is 29.8 Å². The monoisotopic (exact) mass is 240 g/mol. The molecule has 0 saturated carbocycles. The smallest absolute Gasteiger partial charge is 0.238 e. The summed E-state index contributed by atoms with van der Waals surface area (Å²) in [6.45, 7) is 0.572. The zero-order valence-electron chi connectivity index (χ0n) is 8.51. The van der Waals surface area contributed by atoms with Crippen molar-refractivity contribution in [2.24, 2.45) is 5.14 Å². The summed E-state index contributed by atoms with van der Waals surface area (Å²) in [5.74, 6) is -0.550. The first-order valence-electron chi connectivity index (χ1n) is 4.89. The summed E-state index contributed by atoms with van der Waals surface area (Å²) in [7, 11) is -3.77. The molecule has 1 heterocycles. The van der Waals surface area contributed by atoms with Crippen molar-refractivity contribution in [3.63, 3.8) is 0 Å². The van der Waals surface area contributed by atoms with E-state index in [0.717, 1.165) is 0 Å². The quantitative estimate of drug-likeness (QED) is 0.758. The number of amides is 1. The Morgan fingerprint density at radius 1 is 1.31 bits per heavy atom. The van der Waals surface area contributed by atoms with Crippen LogP contribution in [0.15, 0.2) is 29.2 Å². The molecule has 16 heavy (non-hydrogen) atoms. The van der Waals surface area contributed by atoms with Gasteiger partial charge < -0.3 is 5.32 Å². The van der Waals surface area contributed by atoms with Crippen molar-refractivity contribution in [3.8, 4) is 0 Å². The van der Waals surface area contributed by atoms with Crippen molar-refractivity contribution >= 4 is 15.9 Å². The summed E-state index contributed by atoms with van der Waals surface area (Å²) in [4.78, 5) is 11.5. The second-order valence-corrected chi connectivity index (χ2v) is 5.24. The fourth-order valence-electron chi connectivity index (χ4n) is 1.92. The van der Waals surface area contributed by atoms with Crippen LogP contribution in [0.1, 0.15) is 17.9 Å². The van der Waals surface area contributed by atoms with E-state index in [-0.39, 0.29) is 10.8 Å². The number of carbonyl (C=O) groups is 1. The Hall–Kier alpha value is -1.40. The third-order valence-electron chi connectivity index (χ3n) is 2.65. The molecule has 0 aliphatic carbocycles. The molecule has 1 aliphatic heterocycles. The lowest BCUT2D eigenvalue weighted by Gasteiger charge is -2.11. The van der Waals surface area contributed by atoms with Gasteiger partial charge in [0.1, 0.15) is 0 Å². The van der Waals surface area contributed by atoms with Gasteiger partial charge in [-0.05, 0) is 18.1 Å². The Bertz CT molecular complexity index is 525. The Labute approximate surface area is 93.7 Å². The molecule has 5 nitrogen and oxygen atoms in total. The van der Waals surface area contributed by atoms with E-state index in [1.807, 2.05) is 0 Å². The highest BCUT2D eigenvalue weighted by Crippen LogP contribution is 2.28. The normalized spacial score (nSPS) is 20.8. The van der Waals surface area contributed by atoms with Gasteiger partial charge in [-0.3, -0.25) is 4.79 Å². The first-order chi connectivity index (χ1) is 7.50. The number of sulfonamides is 1. The number of nitrogens with two attached hydrogens (primary N) is 1. The van der Waals surface area contributed by atoms with Gasteiger partial charge >= 0.3 is 0 Å². The van der Waals surface area contributed by atoms with Gasteiger partial charge in [0.2, 0.25) is 15.9 Å². The van der Waals surface area contributed by atoms with E-state index < -0.39 is 15.9 Å². The molecule has 1 atom stereocenters. The second-order valence-electron chi connectivity index (χ2n) is 3.72. The van der Waals surface area contributed by atoms with E-state index in [1.165, 1.54) is 6.07 Å². The predicted molar refractivity (Wildman–Crippen MR) is 58.2 cm³/mol. The molecule has 86 valence electrons. The molecular formula is C10H12N2O3S. The third kappa shape index (κ3) is 1.94. The Balaban J connectivity index is 2.53. The zero-order valence-corrected chi connectivity index (χ0v) is 9.33. The molecule has 6 heteroatoms. The van der Waals surface area contributed by atoms with Crippen LogP contribution in [-0.2, 0) is 14.8 Å². The molecular weight excluding hydrogens is 228 g/mol. The van der Waals surface area contributed by atoms with Crippen LogP contribution in [0.4, 0.5) is 0 Å². The zero-order chi connectivity index (χ0) is 11.8. The summed E-state index contributed by atoms with van der Waals surface area (Å²) >= 11 is 0. The minimum absolute atomic E-state index is 0.0389. The molecule has 1 aliphatic rings. The fourth-order valence-corrected chi connectivity index (χ4v) is 2.73. The maximum absolute atomic E-state index is 11.5. The number of hydrogen-bond donors (Lipinski definition) is 2. The second kappa shape index (κ2) is 3.88. The van der Waals surface area contributed by atoms with Gasteiger partial charge in [0.25, 0.3) is 0 Å². The number of rotatable bonds is 2. The molecule has 0 radical (unpaired) electrons. The van der Waals surface area contributed by atoms with Gasteiger partial charge in [0.15, 0.2) is 0 Å². The summed E-state index contributed by atoms with van der Waals surface area (Å²) in [5.41, 5.74) is 0.486. The molecule has 1 saturated heterocycles. The number of carbonyl (C=O) groups excluding carboxylic acids is 1. The van der Waals surface area contributed by atoms with Crippen molar-refractivity contribution in [2.75, 3.05) is 6.54 Å². The molecule has 1 aromatic rings. The lowest BCUT2D eigenvalue weighted by Crippen LogP contribution is -2.21. The molecule has 1 amide bonds. The minimum atomic E-state index is -3.77. The first kappa shape index (κ1) is 11.1. The fraction of sp³-hybridized carbons (Fsp3) is 0.300. The van der Waals surface area contributed by atoms with E-state index in [2.05, 4.69) is 5.32 Å². The molecule has 1 aromatic carbocycles. The summed E-state index contributed by atoms with van der Waals surface area (Å²) in [6, 6.07) is 6.36. The topological polar surface area (TPSA) is 89.3 Å². The van der Waals surface area contributed by atoms with Crippen LogP contribution in [0.25, 0.3) is 0 Å². The maximum atomic E-state index is 11.5. The molecule has 3 N–H and O–H groups in total. The Morgan fingerprint density at radius 2 is 2.00 bits per heavy atom. The third-order valence-corrected chi connectivity index (χ3v) is 3.63. The van der Waals surface area contributed by atoms with E-state index in [4.69, 9.17) is 5.14 Å². The minimum Gasteiger partial charge on any atom is -0.356 e. The highest BCUT2D eigenvalue weighted by atomic mass is 32.2. The molecule has 0 bridgehead atoms. The molecule has 0 unspecified atom stereocenters. The largest absolute Gasteiger partial charge is 0.356 e. The van der Waals surface area contributed by atoms with Crippen LogP contribution in [0.5, 0.6) is 0 Å². The standard InChI is InChI=1S/C10H12N2O3S/c11-16(14,15)9-4-2-1-3-7(9)8-5-6-12-10(8)13/h1-4,8H,5-6H2,(H,12,13)(H2,11,14,15)/t8-/m1/s1. The van der Waals surface area contributed by atoms with Crippen molar-refractivity contribution in [2.45, 2.75) is 17.2 Å². The van der Waals surface area contributed by atoms with Crippen molar-refractivity contribution < 1.29 is 13.2 Å². The SMILES string of the molecule is NS(=O)(=O)c1ccccc1[C@H]1CCNC1=O. The van der Waals surface area contributed by atoms with Crippen LogP contribution in [0.3, 0.4) is 0 Å². The van der Waals surface area contributed by atoms with Crippen molar-refractivity contribution in [1.82, 2.24) is 5.32 Å². The van der Waals surface area contributed by atoms with E-state index >= 15 is 0 Å². The van der Waals surface area contributed by atoms with Gasteiger partial charge in [-0.2, -0.15) is 0 Å². The van der Waals surface area contributed by atoms with E-state index in [1.54, 1.807) is 18.2 Å². The summed E-state index contributed by atoms with van der Waals surface area (Å²) in [5, 5.41) is 7.78. The van der Waals surface area contributed by atoms with Gasteiger partial charge in [0, 0.05) is 6.54 Å². The average Bonchev–Trinajstić information content (AvgIpc) is 2.63. The highest BCUT2D eigenvalue weighted by molar-refractivity contribution is 7.89. The van der Waals surface area contributed by atoms with Crippen LogP contribution in [0.2, 0.25) is 0 Å². The van der Waals surface area contributed by atoms with E-state index in [9.17, 15) is 13.2 Å². The van der Waals surface area contributed by atoms with Crippen LogP contribution in [0, 0.1) is 0 Å². The molecule has 0 spiro atoms. The van der Waals surface area contributed by atoms with Gasteiger partial charge in [0.05, 0.1) is 10.8 Å². The van der Waals surface area contributed by atoms with Gasteiger partial charge in [-0.1, -0.05) is 18.2 Å². The molecule has 0 aromatic heterocycles. The lowest BCUT2D eigenvalue weighted by molar-refractivity contribution is -0.120. The van der Waals surface area contributed by atoms with Crippen LogP contribution < -0.4 is 10.5 Å². The number of nitrogens with one attached hydrogen (secondary N) is 1. The van der Waals surface area contributed by atoms with Gasteiger partial charge in [-0.15, -0.1) is 0 Å². The summed E-state index contributed by atoms with van der Waals surface area (Å²) in [6.07, 6.45) is 0.603. The maximum Gasteiger partial charge on any atom is 0.238 e. The number of benzene rings is 1. The predicted octanol–water partition coefficient (Wildman–Crippen LogP) is -0.0625. The Kier molecular flexibility index (Phi) is 2.69. The molecule has 1 fully saturated rings. The van der Waals surface area contributed by atoms with E-state index in [0.29, 0.717) is 18.5 Å². The summed E-state index contributed by atoms with van der Waals surface area (Å²) < 4.78 is 22.7. The first-order valence-corrected chi connectivity index (χ1v) is 6.44. The van der Waals surface area contributed by atoms with Crippen molar-refractivity contribution in [1.29, 1.82) is 0 Å². The number of hydrogen-bond acceptors (Lipinski definition) is 3. The average molecular weight is 240 g/mol. The van der Waals surface area contributed by atoms with Gasteiger partial charge in [-0.25, -0.2) is 13.6 Å². The number of primary sulfonamides is 1. The molecule has 2 rings (SSSR count). The highest BCUT2D eigenvalue weighted by Gasteiger charge is 2.29. The Morgan fingerprint density at radius 3 is 2.56 bits per heavy atom.